The maximum Gasteiger partial charge on any atom is 0.334 e. The molecule has 4 amide bonds. The Morgan fingerprint density at radius 3 is 2.13 bits per heavy atom. The molecule has 4 N–H and O–H groups in total. The summed E-state index contributed by atoms with van der Waals surface area (Å²) < 4.78 is 0. The van der Waals surface area contributed by atoms with Crippen molar-refractivity contribution in [2.45, 2.75) is 6.92 Å². The Bertz CT molecular complexity index is 285. The van der Waals surface area contributed by atoms with E-state index in [0.29, 0.717) is 5.71 Å². The maximum atomic E-state index is 10.7. The van der Waals surface area contributed by atoms with Crippen LogP contribution in [0.3, 0.4) is 0 Å². The molecule has 0 aliphatic rings. The van der Waals surface area contributed by atoms with Crippen molar-refractivity contribution < 1.29 is 9.59 Å². The molecule has 84 valence electrons. The van der Waals surface area contributed by atoms with Crippen molar-refractivity contribution in [3.05, 3.63) is 0 Å². The lowest BCUT2D eigenvalue weighted by atomic mass is 10.5. The fourth-order valence-electron chi connectivity index (χ4n) is 0.464. The highest BCUT2D eigenvalue weighted by atomic mass is 16.2. The average molecular weight is 214 g/mol. The van der Waals surface area contributed by atoms with E-state index in [4.69, 9.17) is 0 Å². The first-order chi connectivity index (χ1) is 7.10. The van der Waals surface area contributed by atoms with E-state index >= 15 is 0 Å². The summed E-state index contributed by atoms with van der Waals surface area (Å²) in [5.41, 5.74) is 4.82. The van der Waals surface area contributed by atoms with Gasteiger partial charge in [0.1, 0.15) is 0 Å². The number of nitrogens with zero attached hydrogens (tertiary/aromatic N) is 2. The van der Waals surface area contributed by atoms with Crippen molar-refractivity contribution in [1.29, 1.82) is 0 Å². The molecule has 0 saturated heterocycles. The van der Waals surface area contributed by atoms with E-state index in [2.05, 4.69) is 31.7 Å². The number of nitrogens with one attached hydrogen (secondary N) is 4. The van der Waals surface area contributed by atoms with E-state index < -0.39 is 12.1 Å². The second-order valence-corrected chi connectivity index (χ2v) is 2.39. The van der Waals surface area contributed by atoms with Crippen molar-refractivity contribution in [3.8, 4) is 0 Å². The van der Waals surface area contributed by atoms with Gasteiger partial charge in [0.15, 0.2) is 0 Å². The molecule has 8 nitrogen and oxygen atoms in total. The molecule has 0 aromatic carbocycles. The van der Waals surface area contributed by atoms with Crippen molar-refractivity contribution in [2.24, 2.45) is 10.2 Å². The van der Waals surface area contributed by atoms with Gasteiger partial charge in [0.05, 0.1) is 11.9 Å². The minimum Gasteiger partial charge on any atom is -0.340 e. The van der Waals surface area contributed by atoms with Gasteiger partial charge in [-0.15, -0.1) is 0 Å². The van der Waals surface area contributed by atoms with Crippen LogP contribution < -0.4 is 21.5 Å². The van der Waals surface area contributed by atoms with Crippen molar-refractivity contribution in [1.82, 2.24) is 21.5 Å². The summed E-state index contributed by atoms with van der Waals surface area (Å²) in [5, 5.41) is 11.8. The minimum atomic E-state index is -0.432. The van der Waals surface area contributed by atoms with Gasteiger partial charge < -0.3 is 10.6 Å². The fraction of sp³-hybridized carbons (Fsp3) is 0.429. The Morgan fingerprint density at radius 2 is 1.60 bits per heavy atom. The zero-order valence-corrected chi connectivity index (χ0v) is 8.79. The third-order valence-corrected chi connectivity index (χ3v) is 1.21. The Hall–Kier alpha value is -2.12. The van der Waals surface area contributed by atoms with Crippen LogP contribution in [0.5, 0.6) is 0 Å². The second kappa shape index (κ2) is 7.30. The molecule has 0 saturated carbocycles. The summed E-state index contributed by atoms with van der Waals surface area (Å²) in [5.74, 6) is 0. The normalized spacial score (nSPS) is 11.0. The van der Waals surface area contributed by atoms with E-state index in [1.165, 1.54) is 20.3 Å². The molecule has 0 aromatic heterocycles. The number of carbonyl (C=O) groups excluding carboxylic acids is 2. The van der Waals surface area contributed by atoms with Crippen LogP contribution in [0, 0.1) is 0 Å². The van der Waals surface area contributed by atoms with Gasteiger partial charge in [-0.1, -0.05) is 0 Å². The molecule has 0 unspecified atom stereocenters. The van der Waals surface area contributed by atoms with Crippen LogP contribution in [0.25, 0.3) is 0 Å². The summed E-state index contributed by atoms with van der Waals surface area (Å²) >= 11 is 0. The van der Waals surface area contributed by atoms with E-state index in [-0.39, 0.29) is 0 Å². The average Bonchev–Trinajstić information content (AvgIpc) is 2.25. The van der Waals surface area contributed by atoms with Gasteiger partial charge in [-0.3, -0.25) is 0 Å². The van der Waals surface area contributed by atoms with Gasteiger partial charge in [0.25, 0.3) is 0 Å². The summed E-state index contributed by atoms with van der Waals surface area (Å²) in [6.45, 7) is 1.62. The van der Waals surface area contributed by atoms with Crippen molar-refractivity contribution >= 4 is 24.0 Å². The highest BCUT2D eigenvalue weighted by Gasteiger charge is 1.93. The fourth-order valence-corrected chi connectivity index (χ4v) is 0.464. The van der Waals surface area contributed by atoms with Gasteiger partial charge in [0.2, 0.25) is 0 Å². The standard InChI is InChI=1S/C7H14N6O2/c1-5(11-13-7(15)9-3)4-10-12-6(14)8-2/h4H,1-3H3,(H2,8,12,14)(H2,9,13,15)/b10-4-,11-5+. The highest BCUT2D eigenvalue weighted by Crippen LogP contribution is 1.71. The largest absolute Gasteiger partial charge is 0.340 e. The maximum absolute atomic E-state index is 10.7. The SMILES string of the molecule is CNC(=O)N/N=C\C(C)=N\NC(=O)NC. The smallest absolute Gasteiger partial charge is 0.334 e. The molecule has 15 heavy (non-hydrogen) atoms. The predicted octanol–water partition coefficient (Wildman–Crippen LogP) is -0.794. The van der Waals surface area contributed by atoms with Crippen LogP contribution in [0.2, 0.25) is 0 Å². The highest BCUT2D eigenvalue weighted by molar-refractivity contribution is 6.29. The van der Waals surface area contributed by atoms with Gasteiger partial charge in [-0.05, 0) is 6.92 Å². The van der Waals surface area contributed by atoms with E-state index in [1.54, 1.807) is 6.92 Å². The number of amides is 4. The quantitative estimate of drug-likeness (QED) is 0.365. The van der Waals surface area contributed by atoms with Crippen LogP contribution in [0.15, 0.2) is 10.2 Å². The summed E-state index contributed by atoms with van der Waals surface area (Å²) in [4.78, 5) is 21.3. The van der Waals surface area contributed by atoms with E-state index in [1.807, 2.05) is 0 Å². The van der Waals surface area contributed by atoms with Crippen molar-refractivity contribution in [3.63, 3.8) is 0 Å². The third kappa shape index (κ3) is 6.99. The van der Waals surface area contributed by atoms with Gasteiger partial charge in [-0.25, -0.2) is 20.4 Å². The minimum absolute atomic E-state index is 0.429. The number of rotatable bonds is 3. The molecule has 8 heteroatoms. The molecule has 0 atom stereocenters. The van der Waals surface area contributed by atoms with Gasteiger partial charge in [0, 0.05) is 14.1 Å². The Kier molecular flexibility index (Phi) is 6.27. The zero-order chi connectivity index (χ0) is 11.7. The molecule has 0 heterocycles. The molecular formula is C7H14N6O2. The monoisotopic (exact) mass is 214 g/mol. The third-order valence-electron chi connectivity index (χ3n) is 1.21. The summed E-state index contributed by atoms with van der Waals surface area (Å²) in [6.07, 6.45) is 1.30. The molecular weight excluding hydrogens is 200 g/mol. The molecule has 0 fully saturated rings. The van der Waals surface area contributed by atoms with Crippen LogP contribution in [0.1, 0.15) is 6.92 Å². The Labute approximate surface area is 87.2 Å². The molecule has 0 radical (unpaired) electrons. The molecule has 0 aromatic rings. The second-order valence-electron chi connectivity index (χ2n) is 2.39. The van der Waals surface area contributed by atoms with E-state index in [0.717, 1.165) is 0 Å². The zero-order valence-electron chi connectivity index (χ0n) is 8.79. The van der Waals surface area contributed by atoms with Crippen LogP contribution in [-0.2, 0) is 0 Å². The van der Waals surface area contributed by atoms with E-state index in [9.17, 15) is 9.59 Å². The summed E-state index contributed by atoms with van der Waals surface area (Å²) in [7, 11) is 2.94. The lowest BCUT2D eigenvalue weighted by molar-refractivity contribution is 0.242. The first kappa shape index (κ1) is 12.9. The molecule has 0 aliphatic heterocycles. The Morgan fingerprint density at radius 1 is 1.07 bits per heavy atom. The lowest BCUT2D eigenvalue weighted by Crippen LogP contribution is -2.30. The van der Waals surface area contributed by atoms with Crippen LogP contribution >= 0.6 is 0 Å². The number of hydrazone groups is 2. The molecule has 0 bridgehead atoms. The Balaban J connectivity index is 3.95. The van der Waals surface area contributed by atoms with Crippen LogP contribution in [-0.4, -0.2) is 38.1 Å². The summed E-state index contributed by atoms with van der Waals surface area (Å²) in [6, 6.07) is -0.861. The number of hydrogen-bond acceptors (Lipinski definition) is 4. The first-order valence-corrected chi connectivity index (χ1v) is 4.13. The molecule has 0 rings (SSSR count). The predicted molar refractivity (Wildman–Crippen MR) is 56.8 cm³/mol. The number of hydrogen-bond donors (Lipinski definition) is 4. The van der Waals surface area contributed by atoms with Gasteiger partial charge in [-0.2, -0.15) is 10.2 Å². The van der Waals surface area contributed by atoms with Crippen molar-refractivity contribution in [2.75, 3.05) is 14.1 Å². The number of carbonyl (C=O) groups is 2. The lowest BCUT2D eigenvalue weighted by Gasteiger charge is -1.98. The molecule has 0 aliphatic carbocycles. The first-order valence-electron chi connectivity index (χ1n) is 4.13. The number of urea groups is 2. The topological polar surface area (TPSA) is 107 Å². The van der Waals surface area contributed by atoms with Gasteiger partial charge >= 0.3 is 12.1 Å². The van der Waals surface area contributed by atoms with Crippen LogP contribution in [0.4, 0.5) is 9.59 Å². The molecule has 0 spiro atoms.